The molecule has 4 rings (SSSR count). The lowest BCUT2D eigenvalue weighted by Crippen LogP contribution is -2.40. The number of thiophene rings is 1. The third-order valence-electron chi connectivity index (χ3n) is 5.12. The predicted molar refractivity (Wildman–Crippen MR) is 89.7 cm³/mol. The van der Waals surface area contributed by atoms with Crippen LogP contribution in [0.15, 0.2) is 6.07 Å². The number of carbonyl (C=O) groups is 3. The second kappa shape index (κ2) is 5.88. The smallest absolute Gasteiger partial charge is 0.261 e. The lowest BCUT2D eigenvalue weighted by atomic mass is 10.0. The van der Waals surface area contributed by atoms with Gasteiger partial charge in [0.15, 0.2) is 0 Å². The van der Waals surface area contributed by atoms with Crippen LogP contribution in [0.1, 0.15) is 39.4 Å². The summed E-state index contributed by atoms with van der Waals surface area (Å²) < 4.78 is 0. The predicted octanol–water partition coefficient (Wildman–Crippen LogP) is 1.00. The number of fused-ring (bicyclic) bond motifs is 1. The number of carbonyl (C=O) groups excluding carboxylic acids is 3. The highest BCUT2D eigenvalue weighted by Crippen LogP contribution is 2.34. The molecule has 128 valence electrons. The summed E-state index contributed by atoms with van der Waals surface area (Å²) in [4.78, 5) is 42.3. The number of rotatable bonds is 3. The van der Waals surface area contributed by atoms with E-state index in [9.17, 15) is 14.4 Å². The van der Waals surface area contributed by atoms with Crippen LogP contribution in [-0.4, -0.2) is 53.7 Å². The number of likely N-dealkylation sites (tertiary alicyclic amines) is 1. The van der Waals surface area contributed by atoms with Crippen molar-refractivity contribution in [3.05, 3.63) is 21.4 Å². The van der Waals surface area contributed by atoms with Crippen LogP contribution in [0.3, 0.4) is 0 Å². The molecule has 1 saturated heterocycles. The van der Waals surface area contributed by atoms with E-state index in [2.05, 4.69) is 5.32 Å². The fourth-order valence-electron chi connectivity index (χ4n) is 3.65. The minimum Gasteiger partial charge on any atom is -0.354 e. The van der Waals surface area contributed by atoms with Gasteiger partial charge in [0.1, 0.15) is 0 Å². The molecule has 1 N–H and O–H groups in total. The largest absolute Gasteiger partial charge is 0.354 e. The number of hydrogen-bond donors (Lipinski definition) is 1. The Bertz CT molecular complexity index is 710. The molecule has 2 aliphatic heterocycles. The first-order chi connectivity index (χ1) is 11.6. The Morgan fingerprint density at radius 3 is 2.83 bits per heavy atom. The molecule has 0 aromatic carbocycles. The van der Waals surface area contributed by atoms with Gasteiger partial charge in [0.25, 0.3) is 5.91 Å². The van der Waals surface area contributed by atoms with Gasteiger partial charge in [-0.15, -0.1) is 11.3 Å². The second-order valence-corrected chi connectivity index (χ2v) is 7.96. The summed E-state index contributed by atoms with van der Waals surface area (Å²) in [7, 11) is 1.62. The topological polar surface area (TPSA) is 69.7 Å². The average Bonchev–Trinajstić information content (AvgIpc) is 3.22. The summed E-state index contributed by atoms with van der Waals surface area (Å²) in [6.07, 6.45) is 3.30. The molecule has 0 spiro atoms. The van der Waals surface area contributed by atoms with Gasteiger partial charge in [0.05, 0.1) is 10.8 Å². The Balaban J connectivity index is 1.44. The Kier molecular flexibility index (Phi) is 3.83. The monoisotopic (exact) mass is 347 g/mol. The number of amides is 3. The van der Waals surface area contributed by atoms with Gasteiger partial charge in [-0.3, -0.25) is 14.4 Å². The van der Waals surface area contributed by atoms with Gasteiger partial charge >= 0.3 is 0 Å². The molecular formula is C17H21N3O3S. The van der Waals surface area contributed by atoms with E-state index in [-0.39, 0.29) is 23.6 Å². The van der Waals surface area contributed by atoms with Crippen molar-refractivity contribution >= 4 is 29.1 Å². The average molecular weight is 347 g/mol. The fraction of sp³-hybridized carbons (Fsp3) is 0.588. The van der Waals surface area contributed by atoms with Crippen molar-refractivity contribution in [3.63, 3.8) is 0 Å². The highest BCUT2D eigenvalue weighted by Gasteiger charge is 2.43. The van der Waals surface area contributed by atoms with E-state index in [1.54, 1.807) is 7.05 Å². The van der Waals surface area contributed by atoms with E-state index >= 15 is 0 Å². The van der Waals surface area contributed by atoms with Gasteiger partial charge in [-0.05, 0) is 30.9 Å². The maximum Gasteiger partial charge on any atom is 0.261 e. The molecule has 1 atom stereocenters. The standard InChI is InChI=1S/C17H21N3O3S/c1-18-16(22)14-6-10-8-19(5-4-13(10)24-14)17(23)11-7-15(21)20(9-11)12-2-3-12/h6,11-12H,2-5,7-9H2,1H3,(H,18,22)/t11-/m0/s1. The maximum atomic E-state index is 12.8. The molecule has 0 bridgehead atoms. The van der Waals surface area contributed by atoms with E-state index < -0.39 is 0 Å². The van der Waals surface area contributed by atoms with Crippen molar-refractivity contribution in [2.75, 3.05) is 20.1 Å². The fourth-order valence-corrected chi connectivity index (χ4v) is 4.76. The highest BCUT2D eigenvalue weighted by atomic mass is 32.1. The van der Waals surface area contributed by atoms with Crippen LogP contribution in [-0.2, 0) is 22.6 Å². The molecule has 24 heavy (non-hydrogen) atoms. The Hall–Kier alpha value is -1.89. The molecule has 1 aromatic heterocycles. The molecule has 6 nitrogen and oxygen atoms in total. The zero-order valence-corrected chi connectivity index (χ0v) is 14.5. The van der Waals surface area contributed by atoms with Crippen LogP contribution in [0.4, 0.5) is 0 Å². The molecular weight excluding hydrogens is 326 g/mol. The third-order valence-corrected chi connectivity index (χ3v) is 6.36. The van der Waals surface area contributed by atoms with E-state index in [0.29, 0.717) is 37.0 Å². The Morgan fingerprint density at radius 1 is 1.33 bits per heavy atom. The van der Waals surface area contributed by atoms with Gasteiger partial charge in [0.2, 0.25) is 11.8 Å². The van der Waals surface area contributed by atoms with E-state index in [1.165, 1.54) is 16.2 Å². The molecule has 1 saturated carbocycles. The molecule has 3 amide bonds. The molecule has 7 heteroatoms. The highest BCUT2D eigenvalue weighted by molar-refractivity contribution is 7.14. The molecule has 0 radical (unpaired) electrons. The molecule has 2 fully saturated rings. The van der Waals surface area contributed by atoms with Crippen LogP contribution < -0.4 is 5.32 Å². The zero-order valence-electron chi connectivity index (χ0n) is 13.7. The molecule has 3 heterocycles. The summed E-state index contributed by atoms with van der Waals surface area (Å²) in [5.41, 5.74) is 1.07. The molecule has 3 aliphatic rings. The zero-order chi connectivity index (χ0) is 16.8. The summed E-state index contributed by atoms with van der Waals surface area (Å²) in [6, 6.07) is 2.28. The van der Waals surface area contributed by atoms with Gasteiger partial charge < -0.3 is 15.1 Å². The van der Waals surface area contributed by atoms with Crippen molar-refractivity contribution in [2.45, 2.75) is 38.3 Å². The van der Waals surface area contributed by atoms with Crippen molar-refractivity contribution in [1.82, 2.24) is 15.1 Å². The van der Waals surface area contributed by atoms with Gasteiger partial charge in [-0.25, -0.2) is 0 Å². The minimum atomic E-state index is -0.198. The molecule has 1 aromatic rings. The molecule has 0 unspecified atom stereocenters. The number of hydrogen-bond acceptors (Lipinski definition) is 4. The summed E-state index contributed by atoms with van der Waals surface area (Å²) in [5, 5.41) is 2.64. The van der Waals surface area contributed by atoms with Crippen LogP contribution in [0, 0.1) is 5.92 Å². The van der Waals surface area contributed by atoms with Gasteiger partial charge in [-0.2, -0.15) is 0 Å². The SMILES string of the molecule is CNC(=O)c1cc2c(s1)CCN(C(=O)[C@H]1CC(=O)N(C3CC3)C1)C2. The first kappa shape index (κ1) is 15.6. The van der Waals surface area contributed by atoms with Crippen molar-refractivity contribution in [2.24, 2.45) is 5.92 Å². The molecule has 1 aliphatic carbocycles. The van der Waals surface area contributed by atoms with Gasteiger partial charge in [-0.1, -0.05) is 0 Å². The van der Waals surface area contributed by atoms with Crippen molar-refractivity contribution in [1.29, 1.82) is 0 Å². The van der Waals surface area contributed by atoms with E-state index in [0.717, 1.165) is 24.8 Å². The third kappa shape index (κ3) is 2.70. The van der Waals surface area contributed by atoms with Crippen LogP contribution >= 0.6 is 11.3 Å². The van der Waals surface area contributed by atoms with Crippen LogP contribution in [0.25, 0.3) is 0 Å². The van der Waals surface area contributed by atoms with Crippen molar-refractivity contribution in [3.8, 4) is 0 Å². The maximum absolute atomic E-state index is 12.8. The van der Waals surface area contributed by atoms with E-state index in [4.69, 9.17) is 0 Å². The summed E-state index contributed by atoms with van der Waals surface area (Å²) >= 11 is 1.51. The number of nitrogens with one attached hydrogen (secondary N) is 1. The van der Waals surface area contributed by atoms with Crippen molar-refractivity contribution < 1.29 is 14.4 Å². The lowest BCUT2D eigenvalue weighted by Gasteiger charge is -2.29. The Labute approximate surface area is 144 Å². The first-order valence-corrected chi connectivity index (χ1v) is 9.30. The van der Waals surface area contributed by atoms with Crippen LogP contribution in [0.5, 0.6) is 0 Å². The Morgan fingerprint density at radius 2 is 2.12 bits per heavy atom. The van der Waals surface area contributed by atoms with Crippen LogP contribution in [0.2, 0.25) is 0 Å². The summed E-state index contributed by atoms with van der Waals surface area (Å²) in [6.45, 7) is 1.81. The minimum absolute atomic E-state index is 0.0752. The quantitative estimate of drug-likeness (QED) is 0.887. The van der Waals surface area contributed by atoms with Gasteiger partial charge in [0, 0.05) is 44.0 Å². The first-order valence-electron chi connectivity index (χ1n) is 8.48. The number of nitrogens with zero attached hydrogens (tertiary/aromatic N) is 2. The summed E-state index contributed by atoms with van der Waals surface area (Å²) in [5.74, 6) is -0.0544. The lowest BCUT2D eigenvalue weighted by molar-refractivity contribution is -0.136. The second-order valence-electron chi connectivity index (χ2n) is 6.83. The normalized spacial score (nSPS) is 23.4. The van der Waals surface area contributed by atoms with E-state index in [1.807, 2.05) is 15.9 Å².